The number of ether oxygens (including phenoxy) is 1. The topological polar surface area (TPSA) is 9.23 Å². The monoisotopic (exact) mass is 356 g/mol. The first-order valence-electron chi connectivity index (χ1n) is 9.57. The molecule has 0 heterocycles. The molecule has 1 aromatic carbocycles. The van der Waals surface area contributed by atoms with Gasteiger partial charge in [0.1, 0.15) is 13.8 Å². The molecule has 0 aliphatic heterocycles. The van der Waals surface area contributed by atoms with Crippen molar-refractivity contribution in [3.8, 4) is 5.75 Å². The van der Waals surface area contributed by atoms with Crippen LogP contribution in [0, 0.1) is 12.8 Å². The van der Waals surface area contributed by atoms with Gasteiger partial charge in [-0.05, 0) is 41.8 Å². The van der Waals surface area contributed by atoms with Crippen molar-refractivity contribution in [3.63, 3.8) is 0 Å². The summed E-state index contributed by atoms with van der Waals surface area (Å²) in [5.74, 6) is 1.82. The molecule has 25 heavy (non-hydrogen) atoms. The Morgan fingerprint density at radius 3 is 2.32 bits per heavy atom. The van der Waals surface area contributed by atoms with Crippen molar-refractivity contribution in [2.75, 3.05) is 7.11 Å². The van der Waals surface area contributed by atoms with Crippen LogP contribution in [-0.4, -0.2) is 15.2 Å². The van der Waals surface area contributed by atoms with Crippen LogP contribution in [0.25, 0.3) is 0 Å². The smallest absolute Gasteiger partial charge is 0.122 e. The van der Waals surface area contributed by atoms with E-state index in [4.69, 9.17) is 4.74 Å². The average Bonchev–Trinajstić information content (AvgIpc) is 2.93. The van der Waals surface area contributed by atoms with Gasteiger partial charge in [-0.2, -0.15) is 0 Å². The maximum Gasteiger partial charge on any atom is 0.122 e. The number of methoxy groups -OCH3 is 1. The number of aryl methyl sites for hydroxylation is 1. The predicted molar refractivity (Wildman–Crippen MR) is 114 cm³/mol. The molecule has 1 aromatic rings. The van der Waals surface area contributed by atoms with Gasteiger partial charge in [0.25, 0.3) is 0 Å². The van der Waals surface area contributed by atoms with Gasteiger partial charge in [-0.25, -0.2) is 0 Å². The van der Waals surface area contributed by atoms with Crippen LogP contribution < -0.4 is 9.92 Å². The van der Waals surface area contributed by atoms with Crippen molar-refractivity contribution in [3.05, 3.63) is 46.2 Å². The molecule has 2 heteroatoms. The second-order valence-corrected chi connectivity index (χ2v) is 13.9. The lowest BCUT2D eigenvalue weighted by molar-refractivity contribution is 0.400. The summed E-state index contributed by atoms with van der Waals surface area (Å²) >= 11 is 0. The van der Waals surface area contributed by atoms with Gasteiger partial charge in [-0.3, -0.25) is 0 Å². The van der Waals surface area contributed by atoms with E-state index >= 15 is 0 Å². The van der Waals surface area contributed by atoms with Crippen molar-refractivity contribution in [1.82, 2.24) is 0 Å². The molecule has 0 radical (unpaired) electrons. The molecule has 1 nitrogen and oxygen atoms in total. The van der Waals surface area contributed by atoms with Crippen molar-refractivity contribution < 1.29 is 4.74 Å². The Balaban J connectivity index is 2.66. The lowest BCUT2D eigenvalue weighted by atomic mass is 9.85. The summed E-state index contributed by atoms with van der Waals surface area (Å²) in [6, 6.07) is 4.70. The highest BCUT2D eigenvalue weighted by Crippen LogP contribution is 2.37. The third-order valence-electron chi connectivity index (χ3n) is 5.33. The standard InChI is InChI=1S/C23H36OSi/c1-16(2)13-18-11-10-12-20(18)25(8,9)21-15-17(3)14-19(22(21)24-7)23(4,5)6/h10-11,14-16H,12-13H2,1-9H3. The zero-order valence-corrected chi connectivity index (χ0v) is 18.7. The zero-order chi connectivity index (χ0) is 19.0. The first kappa shape index (κ1) is 20.0. The minimum Gasteiger partial charge on any atom is -0.497 e. The molecule has 1 aliphatic carbocycles. The molecule has 0 unspecified atom stereocenters. The van der Waals surface area contributed by atoms with Crippen LogP contribution in [0.4, 0.5) is 0 Å². The van der Waals surface area contributed by atoms with Crippen LogP contribution in [0.5, 0.6) is 5.75 Å². The Bertz CT molecular complexity index is 700. The Labute approximate surface area is 156 Å². The van der Waals surface area contributed by atoms with Crippen molar-refractivity contribution >= 4 is 13.3 Å². The molecule has 1 aliphatic rings. The molecule has 0 atom stereocenters. The highest BCUT2D eigenvalue weighted by atomic mass is 28.3. The number of benzene rings is 1. The lowest BCUT2D eigenvalue weighted by Crippen LogP contribution is -2.45. The Hall–Kier alpha value is -1.28. The highest BCUT2D eigenvalue weighted by Gasteiger charge is 2.36. The first-order valence-corrected chi connectivity index (χ1v) is 12.6. The Morgan fingerprint density at radius 2 is 1.80 bits per heavy atom. The van der Waals surface area contributed by atoms with Gasteiger partial charge in [-0.15, -0.1) is 0 Å². The molecule has 0 amide bonds. The number of hydrogen-bond acceptors (Lipinski definition) is 1. The van der Waals surface area contributed by atoms with E-state index in [1.165, 1.54) is 22.7 Å². The van der Waals surface area contributed by atoms with Gasteiger partial charge in [0.15, 0.2) is 0 Å². The van der Waals surface area contributed by atoms with E-state index in [9.17, 15) is 0 Å². The average molecular weight is 357 g/mol. The van der Waals surface area contributed by atoms with E-state index < -0.39 is 8.07 Å². The SMILES string of the molecule is COc1c(C(C)(C)C)cc(C)cc1[Si](C)(C)C1=C(CC(C)C)C=CC1. The third kappa shape index (κ3) is 4.11. The van der Waals surface area contributed by atoms with E-state index in [0.717, 1.165) is 12.2 Å². The molecule has 0 saturated heterocycles. The summed E-state index contributed by atoms with van der Waals surface area (Å²) in [6.45, 7) is 18.7. The molecule has 0 aromatic heterocycles. The molecule has 0 bridgehead atoms. The molecule has 2 rings (SSSR count). The minimum absolute atomic E-state index is 0.0830. The van der Waals surface area contributed by atoms with E-state index in [1.807, 2.05) is 7.11 Å². The van der Waals surface area contributed by atoms with E-state index in [1.54, 1.807) is 10.8 Å². The van der Waals surface area contributed by atoms with Gasteiger partial charge in [0, 0.05) is 0 Å². The highest BCUT2D eigenvalue weighted by molar-refractivity contribution is 6.96. The fraction of sp³-hybridized carbons (Fsp3) is 0.565. The van der Waals surface area contributed by atoms with E-state index in [2.05, 4.69) is 78.9 Å². The summed E-state index contributed by atoms with van der Waals surface area (Å²) in [5, 5.41) is 3.14. The number of hydrogen-bond donors (Lipinski definition) is 0. The molecular weight excluding hydrogens is 320 g/mol. The summed E-state index contributed by atoms with van der Waals surface area (Å²) < 4.78 is 6.01. The van der Waals surface area contributed by atoms with Crippen molar-refractivity contribution in [2.24, 2.45) is 5.92 Å². The van der Waals surface area contributed by atoms with Gasteiger partial charge in [0.05, 0.1) is 7.11 Å². The van der Waals surface area contributed by atoms with E-state index in [0.29, 0.717) is 5.92 Å². The van der Waals surface area contributed by atoms with Gasteiger partial charge in [0.2, 0.25) is 0 Å². The van der Waals surface area contributed by atoms with Gasteiger partial charge in [-0.1, -0.05) is 88.3 Å². The summed E-state index contributed by atoms with van der Waals surface area (Å²) in [6.07, 6.45) is 7.03. The van der Waals surface area contributed by atoms with Crippen LogP contribution in [-0.2, 0) is 5.41 Å². The van der Waals surface area contributed by atoms with Crippen LogP contribution >= 0.6 is 0 Å². The third-order valence-corrected chi connectivity index (χ3v) is 9.08. The van der Waals surface area contributed by atoms with Crippen LogP contribution in [0.15, 0.2) is 35.1 Å². The van der Waals surface area contributed by atoms with Crippen molar-refractivity contribution in [1.29, 1.82) is 0 Å². The molecule has 0 fully saturated rings. The number of rotatable bonds is 5. The quantitative estimate of drug-likeness (QED) is 0.583. The number of allylic oxidation sites excluding steroid dienone is 4. The summed E-state index contributed by atoms with van der Waals surface area (Å²) in [7, 11) is 0.0462. The predicted octanol–water partition coefficient (Wildman–Crippen LogP) is 6.06. The minimum atomic E-state index is -1.79. The molecule has 0 saturated carbocycles. The second kappa shape index (κ2) is 7.15. The fourth-order valence-electron chi connectivity index (χ4n) is 4.02. The van der Waals surface area contributed by atoms with Crippen LogP contribution in [0.1, 0.15) is 58.6 Å². The molecule has 0 N–H and O–H groups in total. The van der Waals surface area contributed by atoms with Crippen molar-refractivity contribution in [2.45, 2.75) is 72.9 Å². The van der Waals surface area contributed by atoms with Crippen LogP contribution in [0.2, 0.25) is 13.1 Å². The maximum absolute atomic E-state index is 6.01. The molecule has 0 spiro atoms. The fourth-order valence-corrected chi connectivity index (χ4v) is 7.35. The van der Waals surface area contributed by atoms with E-state index in [-0.39, 0.29) is 5.41 Å². The lowest BCUT2D eigenvalue weighted by Gasteiger charge is -2.32. The normalized spacial score (nSPS) is 15.4. The first-order chi connectivity index (χ1) is 11.5. The molecular formula is C23H36OSi. The van der Waals surface area contributed by atoms with Crippen LogP contribution in [0.3, 0.4) is 0 Å². The Morgan fingerprint density at radius 1 is 1.16 bits per heavy atom. The Kier molecular flexibility index (Phi) is 5.73. The summed E-state index contributed by atoms with van der Waals surface area (Å²) in [5.41, 5.74) is 4.34. The molecule has 138 valence electrons. The van der Waals surface area contributed by atoms with Gasteiger partial charge >= 0.3 is 0 Å². The maximum atomic E-state index is 6.01. The van der Waals surface area contributed by atoms with Gasteiger partial charge < -0.3 is 4.74 Å². The zero-order valence-electron chi connectivity index (χ0n) is 17.7. The second-order valence-electron chi connectivity index (χ2n) is 9.48. The largest absolute Gasteiger partial charge is 0.497 e. The summed E-state index contributed by atoms with van der Waals surface area (Å²) in [4.78, 5) is 0.